The van der Waals surface area contributed by atoms with E-state index in [1.54, 1.807) is 0 Å². The topological polar surface area (TPSA) is 78.9 Å². The minimum absolute atomic E-state index is 0.126. The number of carbonyl (C=O) groups excluding carboxylic acids is 3. The van der Waals surface area contributed by atoms with E-state index in [0.717, 1.165) is 38.5 Å². The molecule has 1 heterocycles. The lowest BCUT2D eigenvalue weighted by molar-refractivity contribution is -0.216. The molecule has 0 amide bonds. The molecule has 6 heteroatoms. The van der Waals surface area contributed by atoms with Gasteiger partial charge in [0.05, 0.1) is 17.9 Å². The molecule has 144 valence electrons. The molecule has 0 aromatic carbocycles. The van der Waals surface area contributed by atoms with Crippen LogP contribution in [0.25, 0.3) is 0 Å². The van der Waals surface area contributed by atoms with Crippen LogP contribution in [0.1, 0.15) is 65.2 Å². The molecule has 0 N–H and O–H groups in total. The molecule has 4 unspecified atom stereocenters. The summed E-state index contributed by atoms with van der Waals surface area (Å²) in [4.78, 5) is 37.2. The van der Waals surface area contributed by atoms with Crippen molar-refractivity contribution in [1.29, 1.82) is 0 Å². The third-order valence-corrected chi connectivity index (χ3v) is 6.91. The highest BCUT2D eigenvalue weighted by Crippen LogP contribution is 2.63. The van der Waals surface area contributed by atoms with Gasteiger partial charge >= 0.3 is 17.9 Å². The Hall–Kier alpha value is -1.59. The molecule has 4 saturated carbocycles. The van der Waals surface area contributed by atoms with E-state index in [2.05, 4.69) is 0 Å². The summed E-state index contributed by atoms with van der Waals surface area (Å²) in [6.45, 7) is 4.18. The first-order valence-corrected chi connectivity index (χ1v) is 9.95. The molecule has 5 fully saturated rings. The van der Waals surface area contributed by atoms with Crippen LogP contribution >= 0.6 is 0 Å². The van der Waals surface area contributed by atoms with Gasteiger partial charge in [-0.15, -0.1) is 0 Å². The van der Waals surface area contributed by atoms with Crippen LogP contribution in [0.2, 0.25) is 0 Å². The average Bonchev–Trinajstić information content (AvgIpc) is 2.97. The zero-order valence-corrected chi connectivity index (χ0v) is 15.6. The van der Waals surface area contributed by atoms with E-state index in [4.69, 9.17) is 14.2 Å². The Morgan fingerprint density at radius 2 is 1.92 bits per heavy atom. The van der Waals surface area contributed by atoms with E-state index in [-0.39, 0.29) is 17.9 Å². The molecule has 26 heavy (non-hydrogen) atoms. The first kappa shape index (κ1) is 17.8. The second kappa shape index (κ2) is 6.24. The normalized spacial score (nSPS) is 41.6. The van der Waals surface area contributed by atoms with Gasteiger partial charge in [-0.3, -0.25) is 9.59 Å². The lowest BCUT2D eigenvalue weighted by Crippen LogP contribution is -2.60. The van der Waals surface area contributed by atoms with Gasteiger partial charge in [-0.05, 0) is 50.4 Å². The maximum Gasteiger partial charge on any atom is 0.347 e. The van der Waals surface area contributed by atoms with Gasteiger partial charge in [0.2, 0.25) is 6.10 Å². The van der Waals surface area contributed by atoms with Gasteiger partial charge in [0.25, 0.3) is 0 Å². The molecular formula is C20H28O6. The molecule has 5 rings (SSSR count). The molecule has 6 nitrogen and oxygen atoms in total. The first-order valence-electron chi connectivity index (χ1n) is 9.95. The maximum absolute atomic E-state index is 13.0. The smallest absolute Gasteiger partial charge is 0.347 e. The van der Waals surface area contributed by atoms with Crippen molar-refractivity contribution in [2.45, 2.75) is 76.9 Å². The molecule has 4 aliphatic carbocycles. The summed E-state index contributed by atoms with van der Waals surface area (Å²) in [5.41, 5.74) is -1.14. The van der Waals surface area contributed by atoms with Crippen LogP contribution in [0.5, 0.6) is 0 Å². The van der Waals surface area contributed by atoms with Gasteiger partial charge in [-0.1, -0.05) is 13.8 Å². The first-order chi connectivity index (χ1) is 12.3. The van der Waals surface area contributed by atoms with Gasteiger partial charge < -0.3 is 14.2 Å². The molecule has 1 aliphatic heterocycles. The van der Waals surface area contributed by atoms with E-state index in [9.17, 15) is 14.4 Å². The Labute approximate surface area is 153 Å². The standard InChI is InChI=1S/C20H28O6/c1-3-12(2)16(21)26-20-9-13-6-14(10-20)8-19(7-13,11-20)18(23)25-15-4-5-24-17(15)22/h12-15H,3-11H2,1-2H3. The van der Waals surface area contributed by atoms with Gasteiger partial charge in [-0.2, -0.15) is 0 Å². The largest absolute Gasteiger partial charge is 0.463 e. The molecular weight excluding hydrogens is 336 g/mol. The molecule has 0 spiro atoms. The van der Waals surface area contributed by atoms with E-state index >= 15 is 0 Å². The molecule has 4 atom stereocenters. The van der Waals surface area contributed by atoms with Crippen molar-refractivity contribution in [1.82, 2.24) is 0 Å². The van der Waals surface area contributed by atoms with Crippen LogP contribution in [0.15, 0.2) is 0 Å². The van der Waals surface area contributed by atoms with Gasteiger partial charge in [0.1, 0.15) is 5.60 Å². The van der Waals surface area contributed by atoms with Crippen molar-refractivity contribution in [3.8, 4) is 0 Å². The second-order valence-corrected chi connectivity index (χ2v) is 9.00. The number of cyclic esters (lactones) is 1. The SMILES string of the molecule is CCC(C)C(=O)OC12CC3CC(C1)CC(C(=O)OC1CCOC1=O)(C3)C2. The van der Waals surface area contributed by atoms with Crippen LogP contribution in [-0.4, -0.2) is 36.2 Å². The molecule has 0 aromatic rings. The third-order valence-electron chi connectivity index (χ3n) is 6.91. The fourth-order valence-electron chi connectivity index (χ4n) is 5.86. The Morgan fingerprint density at radius 3 is 2.50 bits per heavy atom. The summed E-state index contributed by atoms with van der Waals surface area (Å²) in [6, 6.07) is 0. The van der Waals surface area contributed by atoms with E-state index in [1.165, 1.54) is 0 Å². The zero-order valence-electron chi connectivity index (χ0n) is 15.6. The summed E-state index contributed by atoms with van der Waals surface area (Å²) in [5.74, 6) is -0.231. The second-order valence-electron chi connectivity index (χ2n) is 9.00. The van der Waals surface area contributed by atoms with Gasteiger partial charge in [0.15, 0.2) is 0 Å². The van der Waals surface area contributed by atoms with Crippen molar-refractivity contribution in [3.05, 3.63) is 0 Å². The quantitative estimate of drug-likeness (QED) is 0.551. The Kier molecular flexibility index (Phi) is 4.27. The van der Waals surface area contributed by atoms with E-state index in [1.807, 2.05) is 13.8 Å². The molecule has 1 saturated heterocycles. The molecule has 0 aromatic heterocycles. The number of ether oxygens (including phenoxy) is 3. The van der Waals surface area contributed by atoms with Gasteiger partial charge in [-0.25, -0.2) is 4.79 Å². The monoisotopic (exact) mass is 364 g/mol. The van der Waals surface area contributed by atoms with Crippen LogP contribution in [0.4, 0.5) is 0 Å². The van der Waals surface area contributed by atoms with Crippen molar-refractivity contribution in [2.24, 2.45) is 23.2 Å². The van der Waals surface area contributed by atoms with Crippen LogP contribution in [0, 0.1) is 23.2 Å². The third kappa shape index (κ3) is 2.91. The van der Waals surface area contributed by atoms with Crippen molar-refractivity contribution in [3.63, 3.8) is 0 Å². The summed E-state index contributed by atoms with van der Waals surface area (Å²) < 4.78 is 16.5. The lowest BCUT2D eigenvalue weighted by atomic mass is 9.48. The molecule has 5 aliphatic rings. The Balaban J connectivity index is 1.53. The van der Waals surface area contributed by atoms with Gasteiger partial charge in [0, 0.05) is 12.8 Å². The van der Waals surface area contributed by atoms with Crippen molar-refractivity contribution < 1.29 is 28.6 Å². The predicted octanol–water partition coefficient (Wildman–Crippen LogP) is 2.77. The maximum atomic E-state index is 13.0. The Morgan fingerprint density at radius 1 is 1.23 bits per heavy atom. The fourth-order valence-corrected chi connectivity index (χ4v) is 5.86. The van der Waals surface area contributed by atoms with Crippen LogP contribution in [0.3, 0.4) is 0 Å². The highest BCUT2D eigenvalue weighted by Gasteiger charge is 2.63. The van der Waals surface area contributed by atoms with Crippen molar-refractivity contribution in [2.75, 3.05) is 6.61 Å². The summed E-state index contributed by atoms with van der Waals surface area (Å²) >= 11 is 0. The van der Waals surface area contributed by atoms with Crippen molar-refractivity contribution >= 4 is 17.9 Å². The minimum atomic E-state index is -0.769. The van der Waals surface area contributed by atoms with Crippen LogP contribution in [-0.2, 0) is 28.6 Å². The molecule has 0 radical (unpaired) electrons. The number of esters is 3. The zero-order chi connectivity index (χ0) is 18.5. The number of hydrogen-bond donors (Lipinski definition) is 0. The number of hydrogen-bond acceptors (Lipinski definition) is 6. The summed E-state index contributed by atoms with van der Waals surface area (Å²) in [6.07, 6.45) is 5.33. The fraction of sp³-hybridized carbons (Fsp3) is 0.850. The van der Waals surface area contributed by atoms with E-state index in [0.29, 0.717) is 31.3 Å². The summed E-state index contributed by atoms with van der Waals surface area (Å²) in [5, 5.41) is 0. The highest BCUT2D eigenvalue weighted by molar-refractivity contribution is 5.84. The highest BCUT2D eigenvalue weighted by atomic mass is 16.6. The number of rotatable bonds is 5. The Bertz CT molecular complexity index is 612. The summed E-state index contributed by atoms with van der Waals surface area (Å²) in [7, 11) is 0. The molecule has 4 bridgehead atoms. The average molecular weight is 364 g/mol. The number of carbonyl (C=O) groups is 3. The minimum Gasteiger partial charge on any atom is -0.463 e. The predicted molar refractivity (Wildman–Crippen MR) is 90.8 cm³/mol. The lowest BCUT2D eigenvalue weighted by Gasteiger charge is -2.59. The van der Waals surface area contributed by atoms with Crippen LogP contribution < -0.4 is 0 Å². The van der Waals surface area contributed by atoms with E-state index < -0.39 is 23.1 Å².